The molecule has 0 unspecified atom stereocenters. The number of fused-ring (bicyclic) bond motifs is 2. The van der Waals surface area contributed by atoms with E-state index < -0.39 is 0 Å². The number of hydrogen-bond acceptors (Lipinski definition) is 5. The van der Waals surface area contributed by atoms with Gasteiger partial charge >= 0.3 is 0 Å². The second-order valence-corrected chi connectivity index (χ2v) is 7.05. The van der Waals surface area contributed by atoms with Gasteiger partial charge in [0.05, 0.1) is 24.9 Å². The Labute approximate surface area is 163 Å². The van der Waals surface area contributed by atoms with Gasteiger partial charge in [0.1, 0.15) is 11.6 Å². The smallest absolute Gasteiger partial charge is 0.181 e. The molecule has 1 aliphatic rings. The van der Waals surface area contributed by atoms with Gasteiger partial charge in [0.15, 0.2) is 5.82 Å². The summed E-state index contributed by atoms with van der Waals surface area (Å²) in [6.45, 7) is 3.52. The largest absolute Gasteiger partial charge is 0.497 e. The van der Waals surface area contributed by atoms with Gasteiger partial charge in [0.25, 0.3) is 0 Å². The Morgan fingerprint density at radius 1 is 1.07 bits per heavy atom. The molecule has 142 valence electrons. The molecule has 2 aromatic heterocycles. The van der Waals surface area contributed by atoms with Crippen molar-refractivity contribution in [2.75, 3.05) is 20.2 Å². The predicted octanol–water partition coefficient (Wildman–Crippen LogP) is 2.89. The van der Waals surface area contributed by atoms with E-state index in [1.807, 2.05) is 36.4 Å². The highest BCUT2D eigenvalue weighted by Gasteiger charge is 2.19. The zero-order chi connectivity index (χ0) is 18.9. The lowest BCUT2D eigenvalue weighted by Gasteiger charge is -2.18. The molecule has 0 bridgehead atoms. The Morgan fingerprint density at radius 3 is 2.82 bits per heavy atom. The topological polar surface area (TPSA) is 71.9 Å². The molecular weight excluding hydrogens is 352 g/mol. The van der Waals surface area contributed by atoms with Crippen LogP contribution in [0.2, 0.25) is 0 Å². The molecule has 7 nitrogen and oxygen atoms in total. The average Bonchev–Trinajstić information content (AvgIpc) is 3.29. The van der Waals surface area contributed by atoms with Crippen LogP contribution in [-0.2, 0) is 19.5 Å². The summed E-state index contributed by atoms with van der Waals surface area (Å²) in [5.41, 5.74) is 3.15. The van der Waals surface area contributed by atoms with E-state index in [0.29, 0.717) is 0 Å². The molecule has 1 N–H and O–H groups in total. The molecule has 28 heavy (non-hydrogen) atoms. The summed E-state index contributed by atoms with van der Waals surface area (Å²) < 4.78 is 7.41. The predicted molar refractivity (Wildman–Crippen MR) is 107 cm³/mol. The monoisotopic (exact) mass is 374 g/mol. The second-order valence-electron chi connectivity index (χ2n) is 7.05. The van der Waals surface area contributed by atoms with Crippen molar-refractivity contribution in [2.45, 2.75) is 19.5 Å². The number of ether oxygens (including phenoxy) is 1. The number of benzene rings is 2. The van der Waals surface area contributed by atoms with Crippen molar-refractivity contribution >= 4 is 10.9 Å². The number of aromatic amines is 1. The van der Waals surface area contributed by atoms with Gasteiger partial charge < -0.3 is 4.74 Å². The molecule has 3 heterocycles. The maximum atomic E-state index is 5.36. The van der Waals surface area contributed by atoms with Crippen LogP contribution in [0.1, 0.15) is 11.5 Å². The number of methoxy groups -OCH3 is 1. The average molecular weight is 374 g/mol. The maximum Gasteiger partial charge on any atom is 0.181 e. The third kappa shape index (κ3) is 3.14. The van der Waals surface area contributed by atoms with Crippen molar-refractivity contribution in [3.63, 3.8) is 0 Å². The van der Waals surface area contributed by atoms with E-state index in [4.69, 9.17) is 14.8 Å². The number of rotatable bonds is 4. The minimum absolute atomic E-state index is 0.815. The van der Waals surface area contributed by atoms with Crippen molar-refractivity contribution in [1.29, 1.82) is 0 Å². The van der Waals surface area contributed by atoms with Gasteiger partial charge in [-0.05, 0) is 18.2 Å². The van der Waals surface area contributed by atoms with Crippen molar-refractivity contribution < 1.29 is 4.74 Å². The van der Waals surface area contributed by atoms with Gasteiger partial charge in [-0.15, -0.1) is 0 Å². The van der Waals surface area contributed by atoms with E-state index in [1.165, 1.54) is 0 Å². The Balaban J connectivity index is 1.32. The number of nitrogens with zero attached hydrogens (tertiary/aromatic N) is 5. The van der Waals surface area contributed by atoms with Gasteiger partial charge in [0, 0.05) is 37.0 Å². The van der Waals surface area contributed by atoms with Crippen LogP contribution in [0.5, 0.6) is 5.75 Å². The normalized spacial score (nSPS) is 14.8. The summed E-state index contributed by atoms with van der Waals surface area (Å²) in [5, 5.41) is 13.5. The third-order valence-corrected chi connectivity index (χ3v) is 5.28. The highest BCUT2D eigenvalue weighted by molar-refractivity contribution is 5.82. The summed E-state index contributed by atoms with van der Waals surface area (Å²) in [7, 11) is 1.69. The maximum absolute atomic E-state index is 5.36. The number of nitrogens with one attached hydrogen (secondary N) is 1. The minimum Gasteiger partial charge on any atom is -0.497 e. The highest BCUT2D eigenvalue weighted by Crippen LogP contribution is 2.23. The number of hydrogen-bond donors (Lipinski definition) is 1. The van der Waals surface area contributed by atoms with Crippen LogP contribution in [0.25, 0.3) is 22.3 Å². The molecule has 0 radical (unpaired) electrons. The Kier molecular flexibility index (Phi) is 4.29. The van der Waals surface area contributed by atoms with Crippen LogP contribution in [0.15, 0.2) is 48.5 Å². The van der Waals surface area contributed by atoms with Crippen LogP contribution in [-0.4, -0.2) is 50.1 Å². The molecule has 0 amide bonds. The second kappa shape index (κ2) is 7.09. The summed E-state index contributed by atoms with van der Waals surface area (Å²) >= 11 is 0. The van der Waals surface area contributed by atoms with Crippen LogP contribution >= 0.6 is 0 Å². The van der Waals surface area contributed by atoms with E-state index >= 15 is 0 Å². The lowest BCUT2D eigenvalue weighted by molar-refractivity contribution is 0.266. The van der Waals surface area contributed by atoms with Crippen LogP contribution in [0, 0.1) is 0 Å². The van der Waals surface area contributed by atoms with E-state index in [0.717, 1.165) is 72.2 Å². The van der Waals surface area contributed by atoms with Gasteiger partial charge in [-0.25, -0.2) is 9.67 Å². The number of H-pyrrole nitrogens is 1. The molecule has 0 aliphatic carbocycles. The standard InChI is InChI=1S/C21H22N6O/c1-28-16-7-8-18-17(13-16)19(24-23-18)14-26-10-9-20-22-21(25-27(20)12-11-26)15-5-3-2-4-6-15/h2-8,13H,9-12,14H2,1H3,(H,23,24). The molecule has 0 atom stereocenters. The fourth-order valence-corrected chi connectivity index (χ4v) is 3.73. The third-order valence-electron chi connectivity index (χ3n) is 5.28. The lowest BCUT2D eigenvalue weighted by atomic mass is 10.2. The van der Waals surface area contributed by atoms with Crippen molar-refractivity contribution in [1.82, 2.24) is 29.9 Å². The molecule has 0 saturated carbocycles. The van der Waals surface area contributed by atoms with Crippen LogP contribution in [0.3, 0.4) is 0 Å². The lowest BCUT2D eigenvalue weighted by Crippen LogP contribution is -2.27. The quantitative estimate of drug-likeness (QED) is 0.595. The van der Waals surface area contributed by atoms with E-state index in [9.17, 15) is 0 Å². The first-order valence-electron chi connectivity index (χ1n) is 9.52. The first-order chi connectivity index (χ1) is 13.8. The summed E-state index contributed by atoms with van der Waals surface area (Å²) in [6.07, 6.45) is 0.884. The van der Waals surface area contributed by atoms with E-state index in [2.05, 4.69) is 31.9 Å². The zero-order valence-corrected chi connectivity index (χ0v) is 15.8. The highest BCUT2D eigenvalue weighted by atomic mass is 16.5. The molecular formula is C21H22N6O. The van der Waals surface area contributed by atoms with Gasteiger partial charge in [-0.1, -0.05) is 30.3 Å². The Morgan fingerprint density at radius 2 is 1.96 bits per heavy atom. The van der Waals surface area contributed by atoms with E-state index in [-0.39, 0.29) is 0 Å². The summed E-state index contributed by atoms with van der Waals surface area (Å²) in [4.78, 5) is 7.20. The fourth-order valence-electron chi connectivity index (χ4n) is 3.73. The molecule has 0 spiro atoms. The Bertz CT molecular complexity index is 1080. The van der Waals surface area contributed by atoms with Crippen LogP contribution < -0.4 is 4.74 Å². The van der Waals surface area contributed by atoms with Gasteiger partial charge in [-0.2, -0.15) is 10.2 Å². The van der Waals surface area contributed by atoms with Crippen LogP contribution in [0.4, 0.5) is 0 Å². The van der Waals surface area contributed by atoms with Gasteiger partial charge in [0.2, 0.25) is 0 Å². The van der Waals surface area contributed by atoms with Gasteiger partial charge in [-0.3, -0.25) is 10.00 Å². The van der Waals surface area contributed by atoms with Crippen molar-refractivity contribution in [3.8, 4) is 17.1 Å². The fraction of sp³-hybridized carbons (Fsp3) is 0.286. The summed E-state index contributed by atoms with van der Waals surface area (Å²) in [5.74, 6) is 2.72. The molecule has 5 rings (SSSR count). The molecule has 0 fully saturated rings. The SMILES string of the molecule is COc1ccc2n[nH]c(CN3CCc4nc(-c5ccccc5)nn4CC3)c2c1. The Hall–Kier alpha value is -3.19. The molecule has 1 aliphatic heterocycles. The number of aromatic nitrogens is 5. The first-order valence-corrected chi connectivity index (χ1v) is 9.52. The van der Waals surface area contributed by atoms with E-state index in [1.54, 1.807) is 7.11 Å². The molecule has 4 aromatic rings. The summed E-state index contributed by atoms with van der Waals surface area (Å²) in [6, 6.07) is 16.1. The first kappa shape index (κ1) is 16.9. The zero-order valence-electron chi connectivity index (χ0n) is 15.8. The molecule has 0 saturated heterocycles. The van der Waals surface area contributed by atoms with Crippen molar-refractivity contribution in [2.24, 2.45) is 0 Å². The minimum atomic E-state index is 0.815. The van der Waals surface area contributed by atoms with Crippen molar-refractivity contribution in [3.05, 3.63) is 60.0 Å². The molecule has 7 heteroatoms. The molecule has 2 aromatic carbocycles.